The second-order valence-electron chi connectivity index (χ2n) is 9.81. The van der Waals surface area contributed by atoms with E-state index in [1.807, 2.05) is 12.3 Å². The largest absolute Gasteiger partial charge is 0.378 e. The Balaban J connectivity index is 1.26. The number of rotatable bonds is 5. The van der Waals surface area contributed by atoms with Crippen LogP contribution in [0.5, 0.6) is 0 Å². The summed E-state index contributed by atoms with van der Waals surface area (Å²) in [4.78, 5) is 22.7. The number of hydrogen-bond acceptors (Lipinski definition) is 7. The first-order valence-corrected chi connectivity index (χ1v) is 13.4. The number of morpholine rings is 1. The quantitative estimate of drug-likeness (QED) is 0.453. The van der Waals surface area contributed by atoms with Crippen molar-refractivity contribution in [2.45, 2.75) is 25.4 Å². The third kappa shape index (κ3) is 4.10. The molecule has 182 valence electrons. The Hall–Kier alpha value is -2.59. The van der Waals surface area contributed by atoms with Gasteiger partial charge in [-0.15, -0.1) is 11.3 Å². The first-order chi connectivity index (χ1) is 17.2. The number of H-pyrrole nitrogens is 1. The van der Waals surface area contributed by atoms with Crippen molar-refractivity contribution in [3.05, 3.63) is 41.2 Å². The van der Waals surface area contributed by atoms with Crippen LogP contribution < -0.4 is 4.90 Å². The monoisotopic (exact) mass is 492 g/mol. The van der Waals surface area contributed by atoms with Crippen molar-refractivity contribution in [1.29, 1.82) is 0 Å². The van der Waals surface area contributed by atoms with Crippen molar-refractivity contribution in [3.63, 3.8) is 0 Å². The van der Waals surface area contributed by atoms with E-state index in [0.717, 1.165) is 65.7 Å². The maximum Gasteiger partial charge on any atom is 0.166 e. The smallest absolute Gasteiger partial charge is 0.166 e. The lowest BCUT2D eigenvalue weighted by Crippen LogP contribution is -2.46. The minimum atomic E-state index is -0.297. The number of hydrogen-bond donors (Lipinski definition) is 1. The van der Waals surface area contributed by atoms with Crippen molar-refractivity contribution in [2.75, 3.05) is 57.4 Å². The summed E-state index contributed by atoms with van der Waals surface area (Å²) in [5.74, 6) is 1.05. The molecule has 0 spiro atoms. The van der Waals surface area contributed by atoms with Gasteiger partial charge < -0.3 is 14.6 Å². The number of aromatic nitrogens is 3. The summed E-state index contributed by atoms with van der Waals surface area (Å²) in [5, 5.41) is 1.87. The molecule has 35 heavy (non-hydrogen) atoms. The van der Waals surface area contributed by atoms with E-state index in [2.05, 4.69) is 25.8 Å². The molecule has 0 radical (unpaired) electrons. The number of aromatic amines is 1. The summed E-state index contributed by atoms with van der Waals surface area (Å²) in [6.07, 6.45) is 4.58. The maximum absolute atomic E-state index is 15.1. The van der Waals surface area contributed by atoms with Crippen molar-refractivity contribution in [3.8, 4) is 11.4 Å². The van der Waals surface area contributed by atoms with Gasteiger partial charge in [0.15, 0.2) is 5.82 Å². The molecule has 1 saturated carbocycles. The molecule has 5 heterocycles. The zero-order valence-corrected chi connectivity index (χ0v) is 20.5. The molecule has 3 aromatic heterocycles. The highest BCUT2D eigenvalue weighted by Gasteiger charge is 2.31. The fraction of sp³-hybridized carbons (Fsp3) is 0.462. The molecule has 3 fully saturated rings. The predicted molar refractivity (Wildman–Crippen MR) is 138 cm³/mol. The number of nitrogens with one attached hydrogen (secondary N) is 1. The number of fused-ring (bicyclic) bond motifs is 2. The van der Waals surface area contributed by atoms with Gasteiger partial charge in [-0.05, 0) is 37.1 Å². The van der Waals surface area contributed by atoms with Crippen LogP contribution in [0, 0.1) is 5.82 Å². The Morgan fingerprint density at radius 1 is 1.00 bits per heavy atom. The number of nitrogens with zero attached hydrogens (tertiary/aromatic N) is 5. The van der Waals surface area contributed by atoms with Gasteiger partial charge in [-0.3, -0.25) is 9.80 Å². The van der Waals surface area contributed by atoms with Crippen molar-refractivity contribution in [1.82, 2.24) is 24.8 Å². The van der Waals surface area contributed by atoms with Crippen molar-refractivity contribution < 1.29 is 9.13 Å². The minimum Gasteiger partial charge on any atom is -0.378 e. The first kappa shape index (κ1) is 21.7. The highest BCUT2D eigenvalue weighted by molar-refractivity contribution is 7.18. The zero-order chi connectivity index (χ0) is 23.4. The minimum absolute atomic E-state index is 0.297. The molecular formula is C26H29FN6OS. The molecule has 0 atom stereocenters. The van der Waals surface area contributed by atoms with Crippen LogP contribution in [0.15, 0.2) is 30.5 Å². The molecular weight excluding hydrogens is 463 g/mol. The molecule has 0 amide bonds. The molecule has 1 aliphatic carbocycles. The summed E-state index contributed by atoms with van der Waals surface area (Å²) >= 11 is 1.72. The normalized spacial score (nSPS) is 20.3. The van der Waals surface area contributed by atoms with E-state index in [0.29, 0.717) is 24.6 Å². The van der Waals surface area contributed by atoms with E-state index in [9.17, 15) is 0 Å². The second kappa shape index (κ2) is 8.81. The highest BCUT2D eigenvalue weighted by Crippen LogP contribution is 2.37. The van der Waals surface area contributed by atoms with Gasteiger partial charge in [-0.25, -0.2) is 14.4 Å². The Bertz CT molecular complexity index is 1370. The number of anilines is 1. The van der Waals surface area contributed by atoms with Gasteiger partial charge in [0, 0.05) is 73.8 Å². The Labute approximate surface area is 207 Å². The molecule has 0 bridgehead atoms. The van der Waals surface area contributed by atoms with E-state index >= 15 is 4.39 Å². The van der Waals surface area contributed by atoms with Crippen LogP contribution in [0.4, 0.5) is 10.2 Å². The van der Waals surface area contributed by atoms with Crippen molar-refractivity contribution in [2.24, 2.45) is 0 Å². The maximum atomic E-state index is 15.1. The topological polar surface area (TPSA) is 60.5 Å². The molecule has 9 heteroatoms. The third-order valence-electron chi connectivity index (χ3n) is 7.49. The zero-order valence-electron chi connectivity index (χ0n) is 19.7. The lowest BCUT2D eigenvalue weighted by Gasteiger charge is -2.34. The Morgan fingerprint density at radius 2 is 1.83 bits per heavy atom. The van der Waals surface area contributed by atoms with Crippen LogP contribution in [0.1, 0.15) is 17.7 Å². The van der Waals surface area contributed by atoms with Gasteiger partial charge in [0.05, 0.1) is 24.2 Å². The summed E-state index contributed by atoms with van der Waals surface area (Å²) in [7, 11) is 0. The van der Waals surface area contributed by atoms with Gasteiger partial charge in [0.25, 0.3) is 0 Å². The standard InChI is InChI=1S/C26H29FN6OS/c27-21-3-4-22-19(5-6-28-22)23(21)24-29-25(33-11-13-34-14-12-33)20-15-18(35-26(20)30-24)16-31-7-9-32(10-8-31)17-1-2-17/h3-6,15,17,28H,1-2,7-14,16H2. The molecule has 0 unspecified atom stereocenters. The van der Waals surface area contributed by atoms with E-state index in [4.69, 9.17) is 14.7 Å². The number of ether oxygens (including phenoxy) is 1. The highest BCUT2D eigenvalue weighted by atomic mass is 32.1. The lowest BCUT2D eigenvalue weighted by atomic mass is 10.1. The Kier molecular flexibility index (Phi) is 5.46. The summed E-state index contributed by atoms with van der Waals surface area (Å²) in [6.45, 7) is 8.37. The van der Waals surface area contributed by atoms with E-state index in [1.54, 1.807) is 17.4 Å². The summed E-state index contributed by atoms with van der Waals surface area (Å²) < 4.78 is 20.7. The molecule has 7 rings (SSSR count). The van der Waals surface area contributed by atoms with Crippen LogP contribution in [-0.2, 0) is 11.3 Å². The first-order valence-electron chi connectivity index (χ1n) is 12.6. The molecule has 4 aromatic rings. The van der Waals surface area contributed by atoms with Crippen LogP contribution in [0.3, 0.4) is 0 Å². The third-order valence-corrected chi connectivity index (χ3v) is 8.50. The average Bonchev–Trinajstić information content (AvgIpc) is 3.49. The molecule has 2 aliphatic heterocycles. The van der Waals surface area contributed by atoms with Gasteiger partial charge in [0.2, 0.25) is 0 Å². The second-order valence-corrected chi connectivity index (χ2v) is 10.9. The van der Waals surface area contributed by atoms with Gasteiger partial charge >= 0.3 is 0 Å². The molecule has 1 aromatic carbocycles. The van der Waals surface area contributed by atoms with Crippen LogP contribution in [-0.4, -0.2) is 83.3 Å². The predicted octanol–water partition coefficient (Wildman–Crippen LogP) is 4.10. The van der Waals surface area contributed by atoms with Crippen LogP contribution in [0.2, 0.25) is 0 Å². The molecule has 7 nitrogen and oxygen atoms in total. The Morgan fingerprint density at radius 3 is 2.63 bits per heavy atom. The SMILES string of the molecule is Fc1ccc2[nH]ccc2c1-c1nc(N2CCOCC2)c2cc(CN3CCN(C4CC4)CC3)sc2n1. The van der Waals surface area contributed by atoms with E-state index < -0.39 is 0 Å². The van der Waals surface area contributed by atoms with Crippen molar-refractivity contribution >= 4 is 38.3 Å². The number of piperazine rings is 1. The summed E-state index contributed by atoms with van der Waals surface area (Å²) in [5.41, 5.74) is 1.35. The average molecular weight is 493 g/mol. The fourth-order valence-corrected chi connectivity index (χ4v) is 6.51. The molecule has 2 saturated heterocycles. The van der Waals surface area contributed by atoms with E-state index in [-0.39, 0.29) is 5.82 Å². The molecule has 1 N–H and O–H groups in total. The number of benzene rings is 1. The van der Waals surface area contributed by atoms with Crippen LogP contribution >= 0.6 is 11.3 Å². The van der Waals surface area contributed by atoms with Gasteiger partial charge in [-0.2, -0.15) is 0 Å². The molecule has 3 aliphatic rings. The van der Waals surface area contributed by atoms with Gasteiger partial charge in [-0.1, -0.05) is 0 Å². The number of halogens is 1. The lowest BCUT2D eigenvalue weighted by molar-refractivity contribution is 0.122. The van der Waals surface area contributed by atoms with Crippen LogP contribution in [0.25, 0.3) is 32.5 Å². The number of thiophene rings is 1. The van der Waals surface area contributed by atoms with E-state index in [1.165, 1.54) is 36.9 Å². The fourth-order valence-electron chi connectivity index (χ4n) is 5.44. The van der Waals surface area contributed by atoms with Gasteiger partial charge in [0.1, 0.15) is 16.5 Å². The summed E-state index contributed by atoms with van der Waals surface area (Å²) in [6, 6.07) is 8.27.